The molecule has 1 aliphatic rings. The van der Waals surface area contributed by atoms with Crippen molar-refractivity contribution in [3.63, 3.8) is 0 Å². The Morgan fingerprint density at radius 2 is 2.19 bits per heavy atom. The Hall–Kier alpha value is -3.00. The van der Waals surface area contributed by atoms with Gasteiger partial charge in [-0.25, -0.2) is 4.39 Å². The summed E-state index contributed by atoms with van der Waals surface area (Å²) >= 11 is 6.05. The van der Waals surface area contributed by atoms with Gasteiger partial charge in [0.15, 0.2) is 6.10 Å². The average Bonchev–Trinajstić information content (AvgIpc) is 3.19. The highest BCUT2D eigenvalue weighted by atomic mass is 35.5. The van der Waals surface area contributed by atoms with E-state index >= 15 is 0 Å². The third-order valence-electron chi connectivity index (χ3n) is 4.16. The fraction of sp³-hybridized carbons (Fsp3) is 0.176. The number of carbonyl (C=O) groups excluding carboxylic acids is 1. The number of rotatable bonds is 3. The summed E-state index contributed by atoms with van der Waals surface area (Å²) in [5.41, 5.74) is 7.51. The van der Waals surface area contributed by atoms with Crippen molar-refractivity contribution in [2.75, 3.05) is 0 Å². The topological polar surface area (TPSA) is 95.9 Å². The summed E-state index contributed by atoms with van der Waals surface area (Å²) in [6, 6.07) is 8.17. The van der Waals surface area contributed by atoms with Gasteiger partial charge in [-0.1, -0.05) is 23.7 Å². The molecular weight excluding hydrogens is 361 g/mol. The van der Waals surface area contributed by atoms with Gasteiger partial charge >= 0.3 is 0 Å². The van der Waals surface area contributed by atoms with E-state index in [9.17, 15) is 9.18 Å². The molecule has 1 aromatic heterocycles. The number of nitrogens with two attached hydrogens (primary N) is 1. The van der Waals surface area contributed by atoms with Gasteiger partial charge in [-0.3, -0.25) is 4.79 Å². The van der Waals surface area contributed by atoms with Gasteiger partial charge in [0.1, 0.15) is 11.6 Å². The molecular formula is C17H13ClFN5O2. The SMILES string of the molecule is Cn1nnc(-c2c(F)cc(Cl)cc2-c2ccc3c(c2)OC(C(N)=O)C3)n1. The fourth-order valence-electron chi connectivity index (χ4n) is 2.97. The molecule has 0 saturated carbocycles. The first-order valence-electron chi connectivity index (χ1n) is 7.75. The Morgan fingerprint density at radius 1 is 1.38 bits per heavy atom. The second kappa shape index (κ2) is 6.06. The lowest BCUT2D eigenvalue weighted by atomic mass is 9.97. The Balaban J connectivity index is 1.85. The lowest BCUT2D eigenvalue weighted by molar-refractivity contribution is -0.123. The molecule has 0 aliphatic carbocycles. The highest BCUT2D eigenvalue weighted by Gasteiger charge is 2.28. The molecule has 132 valence electrons. The predicted octanol–water partition coefficient (Wildman–Crippen LogP) is 2.13. The third-order valence-corrected chi connectivity index (χ3v) is 4.38. The molecule has 7 nitrogen and oxygen atoms in total. The van der Waals surface area contributed by atoms with Crippen LogP contribution in [0.2, 0.25) is 5.02 Å². The second-order valence-electron chi connectivity index (χ2n) is 5.95. The molecule has 0 radical (unpaired) electrons. The molecule has 0 saturated heterocycles. The van der Waals surface area contributed by atoms with E-state index in [1.807, 2.05) is 6.07 Å². The van der Waals surface area contributed by atoms with E-state index in [4.69, 9.17) is 22.1 Å². The maximum atomic E-state index is 14.6. The van der Waals surface area contributed by atoms with Gasteiger partial charge in [0, 0.05) is 11.4 Å². The van der Waals surface area contributed by atoms with E-state index in [-0.39, 0.29) is 16.4 Å². The molecule has 2 N–H and O–H groups in total. The van der Waals surface area contributed by atoms with E-state index in [0.717, 1.165) is 5.56 Å². The molecule has 4 rings (SSSR count). The first-order valence-corrected chi connectivity index (χ1v) is 8.13. The summed E-state index contributed by atoms with van der Waals surface area (Å²) in [6.07, 6.45) is -0.287. The number of primary amides is 1. The maximum Gasteiger partial charge on any atom is 0.258 e. The lowest BCUT2D eigenvalue weighted by Crippen LogP contribution is -2.31. The van der Waals surface area contributed by atoms with Gasteiger partial charge in [0.05, 0.1) is 12.6 Å². The summed E-state index contributed by atoms with van der Waals surface area (Å²) in [4.78, 5) is 12.6. The van der Waals surface area contributed by atoms with E-state index in [0.29, 0.717) is 23.3 Å². The Labute approximate surface area is 152 Å². The minimum absolute atomic E-state index is 0.146. The van der Waals surface area contributed by atoms with Crippen molar-refractivity contribution in [1.29, 1.82) is 0 Å². The average molecular weight is 374 g/mol. The first-order chi connectivity index (χ1) is 12.4. The molecule has 2 aromatic carbocycles. The van der Waals surface area contributed by atoms with Crippen LogP contribution in [0, 0.1) is 5.82 Å². The van der Waals surface area contributed by atoms with Crippen LogP contribution in [0.3, 0.4) is 0 Å². The van der Waals surface area contributed by atoms with Crippen LogP contribution in [0.15, 0.2) is 30.3 Å². The number of benzene rings is 2. The standard InChI is InChI=1S/C17H13ClFN5O2/c1-24-22-17(21-23-24)15-11(6-10(18)7-12(15)19)8-2-3-9-5-14(16(20)25)26-13(9)4-8/h2-4,6-7,14H,5H2,1H3,(H2,20,25). The van der Waals surface area contributed by atoms with Crippen molar-refractivity contribution < 1.29 is 13.9 Å². The van der Waals surface area contributed by atoms with Crippen molar-refractivity contribution in [3.05, 3.63) is 46.7 Å². The van der Waals surface area contributed by atoms with E-state index in [1.165, 1.54) is 10.9 Å². The minimum Gasteiger partial charge on any atom is -0.480 e. The van der Waals surface area contributed by atoms with Crippen LogP contribution < -0.4 is 10.5 Å². The summed E-state index contributed by atoms with van der Waals surface area (Å²) in [5, 5.41) is 12.0. The normalized spacial score (nSPS) is 15.6. The zero-order valence-electron chi connectivity index (χ0n) is 13.6. The number of aromatic nitrogens is 4. The lowest BCUT2D eigenvalue weighted by Gasteiger charge is -2.11. The highest BCUT2D eigenvalue weighted by Crippen LogP contribution is 2.39. The highest BCUT2D eigenvalue weighted by molar-refractivity contribution is 6.31. The number of hydrogen-bond acceptors (Lipinski definition) is 5. The van der Waals surface area contributed by atoms with Crippen LogP contribution in [-0.2, 0) is 18.3 Å². The number of tetrazole rings is 1. The molecule has 1 aliphatic heterocycles. The number of carbonyl (C=O) groups is 1. The summed E-state index contributed by atoms with van der Waals surface area (Å²) in [5.74, 6) is -0.407. The number of halogens is 2. The van der Waals surface area contributed by atoms with Gasteiger partial charge in [-0.2, -0.15) is 4.80 Å². The molecule has 1 unspecified atom stereocenters. The molecule has 0 spiro atoms. The van der Waals surface area contributed by atoms with Crippen LogP contribution >= 0.6 is 11.6 Å². The quantitative estimate of drug-likeness (QED) is 0.758. The summed E-state index contributed by atoms with van der Waals surface area (Å²) in [7, 11) is 1.59. The summed E-state index contributed by atoms with van der Waals surface area (Å²) in [6.45, 7) is 0. The number of fused-ring (bicyclic) bond motifs is 1. The number of aryl methyl sites for hydroxylation is 1. The minimum atomic E-state index is -0.697. The van der Waals surface area contributed by atoms with Gasteiger partial charge < -0.3 is 10.5 Å². The summed E-state index contributed by atoms with van der Waals surface area (Å²) < 4.78 is 20.2. The van der Waals surface area contributed by atoms with Crippen molar-refractivity contribution >= 4 is 17.5 Å². The number of ether oxygens (including phenoxy) is 1. The number of nitrogens with zero attached hydrogens (tertiary/aromatic N) is 4. The maximum absolute atomic E-state index is 14.6. The zero-order valence-corrected chi connectivity index (χ0v) is 14.4. The van der Waals surface area contributed by atoms with Crippen LogP contribution in [-0.4, -0.2) is 32.2 Å². The third kappa shape index (κ3) is 2.78. The van der Waals surface area contributed by atoms with Gasteiger partial charge in [-0.15, -0.1) is 10.2 Å². The van der Waals surface area contributed by atoms with E-state index < -0.39 is 17.8 Å². The van der Waals surface area contributed by atoms with Crippen LogP contribution in [0.4, 0.5) is 4.39 Å². The second-order valence-corrected chi connectivity index (χ2v) is 6.38. The molecule has 1 atom stereocenters. The smallest absolute Gasteiger partial charge is 0.258 e. The van der Waals surface area contributed by atoms with Gasteiger partial charge in [-0.05, 0) is 40.1 Å². The molecule has 3 aromatic rings. The number of hydrogen-bond donors (Lipinski definition) is 1. The van der Waals surface area contributed by atoms with Crippen LogP contribution in [0.25, 0.3) is 22.5 Å². The van der Waals surface area contributed by atoms with E-state index in [1.54, 1.807) is 25.2 Å². The van der Waals surface area contributed by atoms with Gasteiger partial charge in [0.2, 0.25) is 5.82 Å². The number of amides is 1. The molecule has 26 heavy (non-hydrogen) atoms. The van der Waals surface area contributed by atoms with Crippen molar-refractivity contribution in [3.8, 4) is 28.3 Å². The molecule has 1 amide bonds. The van der Waals surface area contributed by atoms with Gasteiger partial charge in [0.25, 0.3) is 5.91 Å². The fourth-order valence-corrected chi connectivity index (χ4v) is 3.17. The van der Waals surface area contributed by atoms with Crippen molar-refractivity contribution in [2.24, 2.45) is 12.8 Å². The van der Waals surface area contributed by atoms with Crippen molar-refractivity contribution in [1.82, 2.24) is 20.2 Å². The predicted molar refractivity (Wildman–Crippen MR) is 92.0 cm³/mol. The van der Waals surface area contributed by atoms with Crippen molar-refractivity contribution in [2.45, 2.75) is 12.5 Å². The molecule has 2 heterocycles. The molecule has 9 heteroatoms. The Bertz CT molecular complexity index is 1040. The Kier molecular flexibility index (Phi) is 3.84. The zero-order chi connectivity index (χ0) is 18.4. The van der Waals surface area contributed by atoms with Crippen LogP contribution in [0.1, 0.15) is 5.56 Å². The van der Waals surface area contributed by atoms with E-state index in [2.05, 4.69) is 15.4 Å². The molecule has 0 bridgehead atoms. The largest absolute Gasteiger partial charge is 0.480 e. The molecule has 0 fully saturated rings. The van der Waals surface area contributed by atoms with Crippen LogP contribution in [0.5, 0.6) is 5.75 Å². The Morgan fingerprint density at radius 3 is 2.88 bits per heavy atom. The monoisotopic (exact) mass is 373 g/mol. The first kappa shape index (κ1) is 16.5.